The molecule has 0 spiro atoms. The zero-order valence-corrected chi connectivity index (χ0v) is 13.5. The van der Waals surface area contributed by atoms with Gasteiger partial charge in [0.1, 0.15) is 0 Å². The normalized spacial score (nSPS) is 26.9. The maximum atomic E-state index is 3.75. The third-order valence-electron chi connectivity index (χ3n) is 3.95. The molecule has 0 amide bonds. The van der Waals surface area contributed by atoms with E-state index in [1.807, 2.05) is 0 Å². The van der Waals surface area contributed by atoms with Gasteiger partial charge in [0.25, 0.3) is 0 Å². The van der Waals surface area contributed by atoms with Crippen molar-refractivity contribution in [2.24, 2.45) is 11.3 Å². The highest BCUT2D eigenvalue weighted by molar-refractivity contribution is 9.10. The van der Waals surface area contributed by atoms with Crippen LogP contribution in [0.1, 0.15) is 45.6 Å². The Balaban J connectivity index is 2.11. The van der Waals surface area contributed by atoms with E-state index in [1.165, 1.54) is 30.5 Å². The zero-order chi connectivity index (χ0) is 13.3. The summed E-state index contributed by atoms with van der Waals surface area (Å²) in [6.07, 6.45) is 3.90. The average Bonchev–Trinajstić information content (AvgIpc) is 2.20. The van der Waals surface area contributed by atoms with E-state index in [4.69, 9.17) is 0 Å². The van der Waals surface area contributed by atoms with Gasteiger partial charge in [-0.15, -0.1) is 0 Å². The van der Waals surface area contributed by atoms with Crippen LogP contribution >= 0.6 is 15.9 Å². The van der Waals surface area contributed by atoms with Crippen molar-refractivity contribution in [3.63, 3.8) is 0 Å². The molecule has 0 aromatic heterocycles. The number of halogens is 1. The topological polar surface area (TPSA) is 12.0 Å². The van der Waals surface area contributed by atoms with Crippen LogP contribution in [0.2, 0.25) is 0 Å². The van der Waals surface area contributed by atoms with Gasteiger partial charge < -0.3 is 5.32 Å². The summed E-state index contributed by atoms with van der Waals surface area (Å²) in [5, 5.41) is 3.75. The fourth-order valence-electron chi connectivity index (χ4n) is 3.43. The lowest BCUT2D eigenvalue weighted by molar-refractivity contribution is 0.178. The van der Waals surface area contributed by atoms with Gasteiger partial charge >= 0.3 is 0 Å². The number of rotatable bonds is 2. The molecule has 1 aromatic carbocycles. The minimum absolute atomic E-state index is 0.468. The second kappa shape index (κ2) is 5.24. The Bertz CT molecular complexity index is 425. The van der Waals surface area contributed by atoms with Crippen molar-refractivity contribution in [3.8, 4) is 0 Å². The average molecular weight is 310 g/mol. The van der Waals surface area contributed by atoms with E-state index in [9.17, 15) is 0 Å². The first-order valence-electron chi connectivity index (χ1n) is 6.88. The van der Waals surface area contributed by atoms with Crippen molar-refractivity contribution < 1.29 is 0 Å². The summed E-state index contributed by atoms with van der Waals surface area (Å²) < 4.78 is 1.15. The second-order valence-corrected chi connectivity index (χ2v) is 7.63. The molecular weight excluding hydrogens is 286 g/mol. The summed E-state index contributed by atoms with van der Waals surface area (Å²) in [7, 11) is 0. The van der Waals surface area contributed by atoms with Gasteiger partial charge in [-0.1, -0.05) is 42.8 Å². The fraction of sp³-hybridized carbons (Fsp3) is 0.625. The van der Waals surface area contributed by atoms with E-state index >= 15 is 0 Å². The largest absolute Gasteiger partial charge is 0.382 e. The van der Waals surface area contributed by atoms with Gasteiger partial charge in [0.15, 0.2) is 0 Å². The summed E-state index contributed by atoms with van der Waals surface area (Å²) in [5.74, 6) is 0.818. The number of anilines is 1. The number of nitrogens with one attached hydrogen (secondary N) is 1. The Morgan fingerprint density at radius 1 is 1.28 bits per heavy atom. The first kappa shape index (κ1) is 13.9. The standard InChI is InChI=1S/C16H24BrN/c1-11-7-14(10-16(3,4)9-11)18-15-8-13(17)6-5-12(15)2/h5-6,8,11,14,18H,7,9-10H2,1-4H3. The molecule has 1 aliphatic rings. The molecule has 1 saturated carbocycles. The summed E-state index contributed by atoms with van der Waals surface area (Å²) >= 11 is 3.56. The molecule has 1 aromatic rings. The molecule has 0 bridgehead atoms. The predicted octanol–water partition coefficient (Wildman–Crippen LogP) is 5.38. The van der Waals surface area contributed by atoms with E-state index in [-0.39, 0.29) is 0 Å². The van der Waals surface area contributed by atoms with E-state index in [0.717, 1.165) is 10.4 Å². The molecule has 2 rings (SSSR count). The highest BCUT2D eigenvalue weighted by Crippen LogP contribution is 2.39. The first-order chi connectivity index (χ1) is 8.35. The lowest BCUT2D eigenvalue weighted by atomic mass is 9.70. The van der Waals surface area contributed by atoms with Gasteiger partial charge in [-0.3, -0.25) is 0 Å². The van der Waals surface area contributed by atoms with Gasteiger partial charge in [0, 0.05) is 16.2 Å². The van der Waals surface area contributed by atoms with Crippen LogP contribution in [0.3, 0.4) is 0 Å². The van der Waals surface area contributed by atoms with E-state index in [2.05, 4.69) is 67.1 Å². The lowest BCUT2D eigenvalue weighted by Gasteiger charge is -2.39. The number of aryl methyl sites for hydroxylation is 1. The van der Waals surface area contributed by atoms with Crippen molar-refractivity contribution in [1.82, 2.24) is 0 Å². The van der Waals surface area contributed by atoms with Crippen LogP contribution in [-0.4, -0.2) is 6.04 Å². The van der Waals surface area contributed by atoms with Crippen LogP contribution in [0.25, 0.3) is 0 Å². The molecule has 2 unspecified atom stereocenters. The van der Waals surface area contributed by atoms with Crippen LogP contribution in [-0.2, 0) is 0 Å². The van der Waals surface area contributed by atoms with Crippen molar-refractivity contribution in [1.29, 1.82) is 0 Å². The summed E-state index contributed by atoms with van der Waals surface area (Å²) in [6.45, 7) is 9.34. The minimum Gasteiger partial charge on any atom is -0.382 e. The lowest BCUT2D eigenvalue weighted by Crippen LogP contribution is -2.35. The van der Waals surface area contributed by atoms with E-state index < -0.39 is 0 Å². The predicted molar refractivity (Wildman–Crippen MR) is 83.1 cm³/mol. The Hall–Kier alpha value is -0.500. The molecule has 0 heterocycles. The molecule has 18 heavy (non-hydrogen) atoms. The van der Waals surface area contributed by atoms with Gasteiger partial charge in [0.05, 0.1) is 0 Å². The monoisotopic (exact) mass is 309 g/mol. The van der Waals surface area contributed by atoms with Crippen molar-refractivity contribution in [2.75, 3.05) is 5.32 Å². The van der Waals surface area contributed by atoms with Crippen molar-refractivity contribution in [3.05, 3.63) is 28.2 Å². The van der Waals surface area contributed by atoms with Gasteiger partial charge in [0.2, 0.25) is 0 Å². The van der Waals surface area contributed by atoms with Crippen LogP contribution in [0.4, 0.5) is 5.69 Å². The van der Waals surface area contributed by atoms with Gasteiger partial charge in [-0.25, -0.2) is 0 Å². The smallest absolute Gasteiger partial charge is 0.0383 e. The summed E-state index contributed by atoms with van der Waals surface area (Å²) in [6, 6.07) is 7.08. The second-order valence-electron chi connectivity index (χ2n) is 6.71. The summed E-state index contributed by atoms with van der Waals surface area (Å²) in [4.78, 5) is 0. The van der Waals surface area contributed by atoms with Crippen LogP contribution in [0.15, 0.2) is 22.7 Å². The molecule has 1 N–H and O–H groups in total. The van der Waals surface area contributed by atoms with Crippen molar-refractivity contribution >= 4 is 21.6 Å². The zero-order valence-electron chi connectivity index (χ0n) is 11.9. The van der Waals surface area contributed by atoms with E-state index in [0.29, 0.717) is 11.5 Å². The maximum absolute atomic E-state index is 3.75. The Morgan fingerprint density at radius 2 is 2.00 bits per heavy atom. The number of benzene rings is 1. The molecule has 2 heteroatoms. The molecule has 1 nitrogen and oxygen atoms in total. The van der Waals surface area contributed by atoms with Crippen LogP contribution in [0.5, 0.6) is 0 Å². The van der Waals surface area contributed by atoms with Gasteiger partial charge in [-0.05, 0) is 55.2 Å². The Labute approximate surface area is 119 Å². The minimum atomic E-state index is 0.468. The molecular formula is C16H24BrN. The highest BCUT2D eigenvalue weighted by atomic mass is 79.9. The summed E-state index contributed by atoms with van der Waals surface area (Å²) in [5.41, 5.74) is 3.07. The first-order valence-corrected chi connectivity index (χ1v) is 7.68. The number of hydrogen-bond acceptors (Lipinski definition) is 1. The highest BCUT2D eigenvalue weighted by Gasteiger charge is 2.31. The fourth-order valence-corrected chi connectivity index (χ4v) is 3.79. The quantitative estimate of drug-likeness (QED) is 0.773. The third kappa shape index (κ3) is 3.50. The Kier molecular flexibility index (Phi) is 4.05. The van der Waals surface area contributed by atoms with Crippen molar-refractivity contribution in [2.45, 2.75) is 53.0 Å². The molecule has 0 saturated heterocycles. The molecule has 0 radical (unpaired) electrons. The van der Waals surface area contributed by atoms with E-state index in [1.54, 1.807) is 0 Å². The van der Waals surface area contributed by atoms with Gasteiger partial charge in [-0.2, -0.15) is 0 Å². The van der Waals surface area contributed by atoms with Crippen LogP contribution < -0.4 is 5.32 Å². The Morgan fingerprint density at radius 3 is 2.67 bits per heavy atom. The maximum Gasteiger partial charge on any atom is 0.0383 e. The molecule has 100 valence electrons. The molecule has 0 aliphatic heterocycles. The third-order valence-corrected chi connectivity index (χ3v) is 4.44. The SMILES string of the molecule is Cc1ccc(Br)cc1NC1CC(C)CC(C)(C)C1. The molecule has 1 aliphatic carbocycles. The molecule has 2 atom stereocenters. The molecule has 1 fully saturated rings. The van der Waals surface area contributed by atoms with Crippen LogP contribution in [0, 0.1) is 18.3 Å². The number of hydrogen-bond donors (Lipinski definition) is 1.